The molecule has 69 valence electrons. The molecule has 0 aliphatic carbocycles. The van der Waals surface area contributed by atoms with Gasteiger partial charge < -0.3 is 0 Å². The topological polar surface area (TPSA) is 17.1 Å². The highest BCUT2D eigenvalue weighted by Gasteiger charge is 1.98. The predicted octanol–water partition coefficient (Wildman–Crippen LogP) is 3.26. The molecule has 1 unspecified atom stereocenters. The molecule has 0 aliphatic rings. The van der Waals surface area contributed by atoms with Crippen LogP contribution in [0.2, 0.25) is 0 Å². The van der Waals surface area contributed by atoms with Crippen molar-refractivity contribution >= 4 is 6.29 Å². The van der Waals surface area contributed by atoms with E-state index in [4.69, 9.17) is 0 Å². The van der Waals surface area contributed by atoms with Gasteiger partial charge in [0.05, 0.1) is 0 Å². The molecule has 0 aromatic carbocycles. The fourth-order valence-corrected chi connectivity index (χ4v) is 1.12. The van der Waals surface area contributed by atoms with Gasteiger partial charge in [-0.3, -0.25) is 4.79 Å². The summed E-state index contributed by atoms with van der Waals surface area (Å²) in [5.41, 5.74) is 0. The lowest BCUT2D eigenvalue weighted by molar-refractivity contribution is 0.506. The molecule has 0 bridgehead atoms. The SMILES string of the molecule is CC=CCCCCCC(C)[C]=O. The molecule has 0 fully saturated rings. The normalized spacial score (nSPS) is 13.5. The fraction of sp³-hybridized carbons (Fsp3) is 0.727. The van der Waals surface area contributed by atoms with E-state index in [0.29, 0.717) is 0 Å². The second kappa shape index (κ2) is 8.51. The average molecular weight is 167 g/mol. The summed E-state index contributed by atoms with van der Waals surface area (Å²) < 4.78 is 0. The van der Waals surface area contributed by atoms with Crippen molar-refractivity contribution in [3.05, 3.63) is 12.2 Å². The largest absolute Gasteiger partial charge is 0.291 e. The second-order valence-corrected chi connectivity index (χ2v) is 3.23. The van der Waals surface area contributed by atoms with Crippen LogP contribution in [0.25, 0.3) is 0 Å². The first-order valence-electron chi connectivity index (χ1n) is 4.80. The summed E-state index contributed by atoms with van der Waals surface area (Å²) in [6.45, 7) is 3.97. The Balaban J connectivity index is 3.05. The van der Waals surface area contributed by atoms with Gasteiger partial charge in [0.2, 0.25) is 6.29 Å². The molecule has 0 aliphatic heterocycles. The van der Waals surface area contributed by atoms with Crippen LogP contribution < -0.4 is 0 Å². The minimum absolute atomic E-state index is 0.131. The lowest BCUT2D eigenvalue weighted by atomic mass is 10.0. The van der Waals surface area contributed by atoms with Crippen LogP contribution in [0.1, 0.15) is 46.0 Å². The molecule has 0 aromatic heterocycles. The Morgan fingerprint density at radius 1 is 1.33 bits per heavy atom. The summed E-state index contributed by atoms with van der Waals surface area (Å²) in [6, 6.07) is 0. The molecule has 0 amide bonds. The van der Waals surface area contributed by atoms with E-state index in [-0.39, 0.29) is 5.92 Å². The Labute approximate surface area is 75.9 Å². The van der Waals surface area contributed by atoms with Crippen molar-refractivity contribution in [2.24, 2.45) is 5.92 Å². The highest BCUT2D eigenvalue weighted by molar-refractivity contribution is 5.53. The van der Waals surface area contributed by atoms with Gasteiger partial charge in [-0.1, -0.05) is 31.9 Å². The summed E-state index contributed by atoms with van der Waals surface area (Å²) in [5.74, 6) is 0.131. The van der Waals surface area contributed by atoms with Gasteiger partial charge in [-0.25, -0.2) is 0 Å². The molecule has 0 aromatic rings. The van der Waals surface area contributed by atoms with Gasteiger partial charge in [0.15, 0.2) is 0 Å². The number of rotatable bonds is 7. The fourth-order valence-electron chi connectivity index (χ4n) is 1.12. The van der Waals surface area contributed by atoms with Gasteiger partial charge in [0, 0.05) is 5.92 Å². The van der Waals surface area contributed by atoms with Crippen molar-refractivity contribution in [3.63, 3.8) is 0 Å². The quantitative estimate of drug-likeness (QED) is 0.420. The van der Waals surface area contributed by atoms with Crippen molar-refractivity contribution in [2.45, 2.75) is 46.0 Å². The van der Waals surface area contributed by atoms with Gasteiger partial charge in [-0.2, -0.15) is 0 Å². The molecule has 0 N–H and O–H groups in total. The van der Waals surface area contributed by atoms with Crippen molar-refractivity contribution in [1.82, 2.24) is 0 Å². The molecule has 0 saturated heterocycles. The maximum atomic E-state index is 10.1. The molecular formula is C11H19O. The van der Waals surface area contributed by atoms with E-state index in [1.807, 2.05) is 20.1 Å². The van der Waals surface area contributed by atoms with E-state index in [9.17, 15) is 4.79 Å². The minimum atomic E-state index is 0.131. The van der Waals surface area contributed by atoms with Crippen molar-refractivity contribution in [2.75, 3.05) is 0 Å². The highest BCUT2D eigenvalue weighted by Crippen LogP contribution is 2.08. The third-order valence-electron chi connectivity index (χ3n) is 1.94. The van der Waals surface area contributed by atoms with Crippen molar-refractivity contribution in [3.8, 4) is 0 Å². The first kappa shape index (κ1) is 11.4. The highest BCUT2D eigenvalue weighted by atomic mass is 16.1. The van der Waals surface area contributed by atoms with Crippen LogP contribution in [0.3, 0.4) is 0 Å². The van der Waals surface area contributed by atoms with Gasteiger partial charge in [0.25, 0.3) is 0 Å². The van der Waals surface area contributed by atoms with Crippen LogP contribution in [0.15, 0.2) is 12.2 Å². The van der Waals surface area contributed by atoms with Crippen LogP contribution in [0.4, 0.5) is 0 Å². The number of hydrogen-bond donors (Lipinski definition) is 0. The Morgan fingerprint density at radius 2 is 2.08 bits per heavy atom. The minimum Gasteiger partial charge on any atom is -0.291 e. The molecule has 0 rings (SSSR count). The summed E-state index contributed by atoms with van der Waals surface area (Å²) in [7, 11) is 0. The predicted molar refractivity (Wildman–Crippen MR) is 52.8 cm³/mol. The maximum Gasteiger partial charge on any atom is 0.201 e. The van der Waals surface area contributed by atoms with E-state index in [1.54, 1.807) is 0 Å². The number of hydrogen-bond acceptors (Lipinski definition) is 1. The van der Waals surface area contributed by atoms with Crippen LogP contribution in [-0.4, -0.2) is 6.29 Å². The molecule has 0 heterocycles. The van der Waals surface area contributed by atoms with Crippen LogP contribution in [0, 0.1) is 5.92 Å². The monoisotopic (exact) mass is 167 g/mol. The van der Waals surface area contributed by atoms with E-state index < -0.39 is 0 Å². The lowest BCUT2D eigenvalue weighted by Crippen LogP contribution is -1.94. The number of allylic oxidation sites excluding steroid dienone is 2. The molecule has 12 heavy (non-hydrogen) atoms. The van der Waals surface area contributed by atoms with E-state index >= 15 is 0 Å². The number of unbranched alkanes of at least 4 members (excludes halogenated alkanes) is 3. The molecule has 1 heteroatoms. The Morgan fingerprint density at radius 3 is 2.67 bits per heavy atom. The average Bonchev–Trinajstić information content (AvgIpc) is 2.10. The van der Waals surface area contributed by atoms with Gasteiger partial charge in [-0.05, 0) is 26.2 Å². The van der Waals surface area contributed by atoms with Crippen LogP contribution >= 0.6 is 0 Å². The Hall–Kier alpha value is -0.590. The zero-order valence-corrected chi connectivity index (χ0v) is 8.18. The van der Waals surface area contributed by atoms with Crippen molar-refractivity contribution < 1.29 is 4.79 Å². The zero-order chi connectivity index (χ0) is 9.23. The first-order valence-corrected chi connectivity index (χ1v) is 4.80. The molecular weight excluding hydrogens is 148 g/mol. The Kier molecular flexibility index (Phi) is 8.09. The third-order valence-corrected chi connectivity index (χ3v) is 1.94. The number of carbonyl (C=O) groups excluding carboxylic acids is 1. The van der Waals surface area contributed by atoms with Gasteiger partial charge in [0.1, 0.15) is 0 Å². The van der Waals surface area contributed by atoms with Crippen molar-refractivity contribution in [1.29, 1.82) is 0 Å². The van der Waals surface area contributed by atoms with E-state index in [1.165, 1.54) is 19.3 Å². The second-order valence-electron chi connectivity index (χ2n) is 3.23. The van der Waals surface area contributed by atoms with E-state index in [2.05, 4.69) is 12.2 Å². The molecule has 0 saturated carbocycles. The third kappa shape index (κ3) is 7.52. The van der Waals surface area contributed by atoms with E-state index in [0.717, 1.165) is 12.8 Å². The van der Waals surface area contributed by atoms with Gasteiger partial charge in [-0.15, -0.1) is 0 Å². The Bertz CT molecular complexity index is 127. The first-order chi connectivity index (χ1) is 5.81. The van der Waals surface area contributed by atoms with Crippen LogP contribution in [-0.2, 0) is 4.79 Å². The summed E-state index contributed by atoms with van der Waals surface area (Å²) in [5, 5.41) is 0. The molecule has 1 atom stereocenters. The van der Waals surface area contributed by atoms with Crippen LogP contribution in [0.5, 0.6) is 0 Å². The molecule has 1 radical (unpaired) electrons. The summed E-state index contributed by atoms with van der Waals surface area (Å²) in [6.07, 6.45) is 12.1. The molecule has 0 spiro atoms. The maximum absolute atomic E-state index is 10.1. The summed E-state index contributed by atoms with van der Waals surface area (Å²) >= 11 is 0. The smallest absolute Gasteiger partial charge is 0.201 e. The summed E-state index contributed by atoms with van der Waals surface area (Å²) in [4.78, 5) is 10.1. The van der Waals surface area contributed by atoms with Gasteiger partial charge >= 0.3 is 0 Å². The molecule has 1 nitrogen and oxygen atoms in total. The zero-order valence-electron chi connectivity index (χ0n) is 8.18. The standard InChI is InChI=1S/C11H19O/c1-3-4-5-6-7-8-9-11(2)10-12/h3-4,11H,5-9H2,1-2H3. The lowest BCUT2D eigenvalue weighted by Gasteiger charge is -2.00.